The average molecular weight is 264 g/mol. The Bertz CT molecular complexity index is 346. The van der Waals surface area contributed by atoms with Gasteiger partial charge in [0.2, 0.25) is 11.7 Å². The quantitative estimate of drug-likeness (QED) is 0.625. The summed E-state index contributed by atoms with van der Waals surface area (Å²) in [5.41, 5.74) is 0.280. The lowest BCUT2D eigenvalue weighted by Crippen LogP contribution is -1.99. The number of carboxylic acids is 1. The van der Waals surface area contributed by atoms with Crippen LogP contribution in [-0.4, -0.2) is 24.2 Å². The molecule has 0 spiro atoms. The zero-order valence-electron chi connectivity index (χ0n) is 10.9. The van der Waals surface area contributed by atoms with Gasteiger partial charge in [-0.05, 0) is 31.4 Å². The Morgan fingerprint density at radius 3 is 2.00 bits per heavy atom. The van der Waals surface area contributed by atoms with Crippen LogP contribution in [0.4, 0.5) is 8.78 Å². The van der Waals surface area contributed by atoms with Gasteiger partial charge in [0.15, 0.2) is 0 Å². The molecule has 104 valence electrons. The highest BCUT2D eigenvalue weighted by atomic mass is 19.1. The number of aliphatic carboxylic acids is 1. The Kier molecular flexibility index (Phi) is 10.8. The Morgan fingerprint density at radius 1 is 1.28 bits per heavy atom. The van der Waals surface area contributed by atoms with E-state index in [-0.39, 0.29) is 5.57 Å². The summed E-state index contributed by atoms with van der Waals surface area (Å²) in [6.07, 6.45) is 2.12. The number of ether oxygens (including phenoxy) is 1. The van der Waals surface area contributed by atoms with Crippen molar-refractivity contribution in [1.82, 2.24) is 0 Å². The van der Waals surface area contributed by atoms with E-state index in [0.717, 1.165) is 7.11 Å². The normalized spacial score (nSPS) is 12.0. The van der Waals surface area contributed by atoms with Crippen LogP contribution >= 0.6 is 0 Å². The molecular weight excluding hydrogens is 246 g/mol. The molecule has 0 saturated carbocycles. The molecule has 0 saturated heterocycles. The van der Waals surface area contributed by atoms with Gasteiger partial charge < -0.3 is 9.84 Å². The van der Waals surface area contributed by atoms with Gasteiger partial charge >= 0.3 is 11.9 Å². The highest BCUT2D eigenvalue weighted by molar-refractivity contribution is 5.85. The first kappa shape index (κ1) is 18.6. The lowest BCUT2D eigenvalue weighted by atomic mass is 10.2. The fourth-order valence-corrected chi connectivity index (χ4v) is 0.698. The molecule has 0 heterocycles. The third-order valence-corrected chi connectivity index (χ3v) is 1.86. The van der Waals surface area contributed by atoms with Crippen molar-refractivity contribution in [3.63, 3.8) is 0 Å². The summed E-state index contributed by atoms with van der Waals surface area (Å²) in [6.45, 7) is 4.91. The molecule has 0 atom stereocenters. The van der Waals surface area contributed by atoms with Crippen LogP contribution in [-0.2, 0) is 14.3 Å². The van der Waals surface area contributed by atoms with Crippen LogP contribution in [0.3, 0.4) is 0 Å². The molecule has 0 fully saturated rings. The van der Waals surface area contributed by atoms with E-state index >= 15 is 0 Å². The maximum Gasteiger partial charge on any atom is 0.366 e. The van der Waals surface area contributed by atoms with Gasteiger partial charge in [0.25, 0.3) is 0 Å². The molecular formula is C12H18F2O4. The number of esters is 1. The fraction of sp³-hybridized carbons (Fsp3) is 0.500. The van der Waals surface area contributed by atoms with E-state index in [1.165, 1.54) is 13.0 Å². The van der Waals surface area contributed by atoms with Crippen LogP contribution in [0.2, 0.25) is 0 Å². The van der Waals surface area contributed by atoms with Crippen molar-refractivity contribution >= 4 is 11.9 Å². The minimum atomic E-state index is -1.48. The van der Waals surface area contributed by atoms with E-state index in [4.69, 9.17) is 5.11 Å². The van der Waals surface area contributed by atoms with Gasteiger partial charge in [-0.3, -0.25) is 0 Å². The first-order valence-electron chi connectivity index (χ1n) is 5.34. The van der Waals surface area contributed by atoms with Crippen LogP contribution < -0.4 is 0 Å². The molecule has 0 aliphatic carbocycles. The van der Waals surface area contributed by atoms with Crippen LogP contribution in [0, 0.1) is 0 Å². The maximum absolute atomic E-state index is 12.2. The highest BCUT2D eigenvalue weighted by Crippen LogP contribution is 2.08. The van der Waals surface area contributed by atoms with Gasteiger partial charge in [-0.15, -0.1) is 0 Å². The van der Waals surface area contributed by atoms with E-state index in [1.807, 2.05) is 0 Å². The number of carboxylic acid groups (broad SMARTS) is 1. The monoisotopic (exact) mass is 264 g/mol. The summed E-state index contributed by atoms with van der Waals surface area (Å²) in [7, 11) is 1.14. The van der Waals surface area contributed by atoms with Crippen LogP contribution in [0.1, 0.15) is 33.6 Å². The molecule has 0 aromatic heterocycles. The smallest absolute Gasteiger partial charge is 0.366 e. The molecule has 0 rings (SSSR count). The van der Waals surface area contributed by atoms with Crippen molar-refractivity contribution < 1.29 is 28.2 Å². The van der Waals surface area contributed by atoms with Gasteiger partial charge in [-0.25, -0.2) is 9.59 Å². The Labute approximate surface area is 105 Å². The first-order valence-corrected chi connectivity index (χ1v) is 5.34. The largest absolute Gasteiger partial charge is 0.476 e. The van der Waals surface area contributed by atoms with Crippen LogP contribution in [0.15, 0.2) is 23.3 Å². The fourth-order valence-electron chi connectivity index (χ4n) is 0.698. The van der Waals surface area contributed by atoms with E-state index in [2.05, 4.69) is 4.74 Å². The third kappa shape index (κ3) is 8.43. The minimum absolute atomic E-state index is 0.280. The van der Waals surface area contributed by atoms with E-state index < -0.39 is 23.6 Å². The van der Waals surface area contributed by atoms with Crippen molar-refractivity contribution in [2.24, 2.45) is 0 Å². The number of allylic oxidation sites excluding steroid dienone is 2. The average Bonchev–Trinajstić information content (AvgIpc) is 2.36. The molecule has 4 nitrogen and oxygen atoms in total. The molecule has 0 radical (unpaired) electrons. The maximum atomic E-state index is 12.2. The van der Waals surface area contributed by atoms with Crippen LogP contribution in [0.5, 0.6) is 0 Å². The summed E-state index contributed by atoms with van der Waals surface area (Å²) in [5.74, 6) is -4.23. The van der Waals surface area contributed by atoms with Crippen molar-refractivity contribution in [3.8, 4) is 0 Å². The van der Waals surface area contributed by atoms with E-state index in [1.54, 1.807) is 13.8 Å². The van der Waals surface area contributed by atoms with Crippen molar-refractivity contribution in [2.75, 3.05) is 7.11 Å². The number of methoxy groups -OCH3 is 1. The molecule has 1 N–H and O–H groups in total. The molecule has 18 heavy (non-hydrogen) atoms. The molecule has 6 heteroatoms. The molecule has 0 aromatic carbocycles. The Morgan fingerprint density at radius 2 is 1.78 bits per heavy atom. The van der Waals surface area contributed by atoms with E-state index in [0.29, 0.717) is 12.8 Å². The Hall–Kier alpha value is -1.72. The summed E-state index contributed by atoms with van der Waals surface area (Å²) in [5, 5.41) is 8.05. The van der Waals surface area contributed by atoms with Gasteiger partial charge in [0, 0.05) is 0 Å². The van der Waals surface area contributed by atoms with Gasteiger partial charge in [0.1, 0.15) is 0 Å². The number of hydrogen-bond acceptors (Lipinski definition) is 3. The van der Waals surface area contributed by atoms with Crippen LogP contribution in [0.25, 0.3) is 0 Å². The molecule has 0 amide bonds. The number of halogens is 2. The van der Waals surface area contributed by atoms with Crippen molar-refractivity contribution in [1.29, 1.82) is 0 Å². The third-order valence-electron chi connectivity index (χ3n) is 1.86. The van der Waals surface area contributed by atoms with Crippen molar-refractivity contribution in [3.05, 3.63) is 23.3 Å². The Balaban J connectivity index is 0. The molecule has 0 aromatic rings. The number of carbonyl (C=O) groups is 2. The second-order valence-electron chi connectivity index (χ2n) is 3.20. The second-order valence-corrected chi connectivity index (χ2v) is 3.20. The minimum Gasteiger partial charge on any atom is -0.476 e. The molecule has 0 unspecified atom stereocenters. The summed E-state index contributed by atoms with van der Waals surface area (Å²) >= 11 is 0. The van der Waals surface area contributed by atoms with E-state index in [9.17, 15) is 18.4 Å². The van der Waals surface area contributed by atoms with Gasteiger partial charge in [-0.2, -0.15) is 8.78 Å². The standard InChI is InChI=1S/2C6H9FO2/c1-3-4-5(7)6(8)9-2;1-3-4(2)5(7)6(8)9/h4H,3H2,1-2H3;3H2,1-2H3,(H,8,9). The molecule has 0 aliphatic rings. The number of hydrogen-bond donors (Lipinski definition) is 1. The highest BCUT2D eigenvalue weighted by Gasteiger charge is 2.07. The number of rotatable bonds is 4. The topological polar surface area (TPSA) is 63.6 Å². The van der Waals surface area contributed by atoms with Crippen molar-refractivity contribution in [2.45, 2.75) is 33.6 Å². The van der Waals surface area contributed by atoms with Gasteiger partial charge in [0.05, 0.1) is 7.11 Å². The summed E-state index contributed by atoms with van der Waals surface area (Å²) in [4.78, 5) is 20.1. The molecule has 0 aliphatic heterocycles. The summed E-state index contributed by atoms with van der Waals surface area (Å²) < 4.78 is 28.5. The predicted octanol–water partition coefficient (Wildman–Crippen LogP) is 3.15. The summed E-state index contributed by atoms with van der Waals surface area (Å²) in [6, 6.07) is 0. The lowest BCUT2D eigenvalue weighted by Gasteiger charge is -1.93. The zero-order chi connectivity index (χ0) is 14.7. The second kappa shape index (κ2) is 10.4. The lowest BCUT2D eigenvalue weighted by molar-refractivity contribution is -0.138. The predicted molar refractivity (Wildman–Crippen MR) is 63.2 cm³/mol. The molecule has 0 bridgehead atoms. The number of carbonyl (C=O) groups excluding carboxylic acids is 1. The SMILES string of the molecule is CCC(C)=C(F)C(=O)O.CCC=C(F)C(=O)OC. The zero-order valence-corrected chi connectivity index (χ0v) is 10.9. The van der Waals surface area contributed by atoms with Gasteiger partial charge in [-0.1, -0.05) is 13.8 Å². The first-order chi connectivity index (χ1) is 8.31.